The minimum atomic E-state index is 0.0340. The second-order valence-corrected chi connectivity index (χ2v) is 6.33. The van der Waals surface area contributed by atoms with Crippen molar-refractivity contribution in [1.29, 1.82) is 0 Å². The molecule has 6 heteroatoms. The Bertz CT molecular complexity index is 677. The summed E-state index contributed by atoms with van der Waals surface area (Å²) in [6.45, 7) is 1.64. The van der Waals surface area contributed by atoms with Crippen LogP contribution in [-0.4, -0.2) is 51.1 Å². The van der Waals surface area contributed by atoms with Gasteiger partial charge in [0.25, 0.3) is 5.91 Å². The molecule has 0 radical (unpaired) electrons. The van der Waals surface area contributed by atoms with E-state index in [1.807, 2.05) is 25.2 Å². The zero-order chi connectivity index (χ0) is 16.4. The van der Waals surface area contributed by atoms with E-state index in [-0.39, 0.29) is 11.9 Å². The van der Waals surface area contributed by atoms with E-state index in [1.165, 1.54) is 5.56 Å². The van der Waals surface area contributed by atoms with Crippen LogP contribution in [-0.2, 0) is 13.6 Å². The summed E-state index contributed by atoms with van der Waals surface area (Å²) in [7, 11) is 5.88. The van der Waals surface area contributed by atoms with Gasteiger partial charge in [-0.1, -0.05) is 6.07 Å². The lowest BCUT2D eigenvalue weighted by atomic mass is 10.1. The minimum Gasteiger partial charge on any atom is -0.329 e. The number of nitrogens with zero attached hydrogens (tertiary/aromatic N) is 5. The number of carbonyl (C=O) groups is 1. The molecule has 6 nitrogen and oxygen atoms in total. The van der Waals surface area contributed by atoms with Crippen molar-refractivity contribution in [1.82, 2.24) is 24.6 Å². The van der Waals surface area contributed by atoms with Gasteiger partial charge in [0.1, 0.15) is 5.69 Å². The van der Waals surface area contributed by atoms with Crippen LogP contribution in [0, 0.1) is 0 Å². The first-order valence-corrected chi connectivity index (χ1v) is 7.95. The standard InChI is InChI=1S/C17H23N5O/c1-20(2)12-13-6-7-14(18-11-13)15-5-4-10-22(15)17(23)16-8-9-19-21(16)3/h6-9,11,15H,4-5,10,12H2,1-3H3/t15-/m0/s1. The van der Waals surface area contributed by atoms with Gasteiger partial charge in [0.2, 0.25) is 0 Å². The lowest BCUT2D eigenvalue weighted by Gasteiger charge is -2.24. The lowest BCUT2D eigenvalue weighted by molar-refractivity contribution is 0.0721. The molecule has 122 valence electrons. The Morgan fingerprint density at radius 1 is 1.35 bits per heavy atom. The van der Waals surface area contributed by atoms with Gasteiger partial charge < -0.3 is 9.80 Å². The molecule has 1 saturated heterocycles. The SMILES string of the molecule is CN(C)Cc1ccc([C@@H]2CCCN2C(=O)c2ccnn2C)nc1. The minimum absolute atomic E-state index is 0.0340. The maximum Gasteiger partial charge on any atom is 0.272 e. The third kappa shape index (κ3) is 3.27. The highest BCUT2D eigenvalue weighted by Crippen LogP contribution is 2.32. The highest BCUT2D eigenvalue weighted by Gasteiger charge is 2.32. The predicted molar refractivity (Wildman–Crippen MR) is 87.8 cm³/mol. The number of hydrogen-bond donors (Lipinski definition) is 0. The number of amides is 1. The number of pyridine rings is 1. The number of aromatic nitrogens is 3. The monoisotopic (exact) mass is 313 g/mol. The average Bonchev–Trinajstić information content (AvgIpc) is 3.15. The summed E-state index contributed by atoms with van der Waals surface area (Å²) in [5.41, 5.74) is 2.78. The van der Waals surface area contributed by atoms with E-state index in [2.05, 4.69) is 27.1 Å². The van der Waals surface area contributed by atoms with Gasteiger partial charge in [-0.15, -0.1) is 0 Å². The molecule has 1 aliphatic heterocycles. The molecule has 1 atom stereocenters. The lowest BCUT2D eigenvalue weighted by Crippen LogP contribution is -2.32. The highest BCUT2D eigenvalue weighted by atomic mass is 16.2. The molecule has 2 aromatic rings. The normalized spacial score (nSPS) is 17.9. The number of carbonyl (C=O) groups excluding carboxylic acids is 1. The summed E-state index contributed by atoms with van der Waals surface area (Å²) in [6.07, 6.45) is 5.55. The number of hydrogen-bond acceptors (Lipinski definition) is 4. The van der Waals surface area contributed by atoms with Gasteiger partial charge in [0.15, 0.2) is 0 Å². The second-order valence-electron chi connectivity index (χ2n) is 6.33. The second kappa shape index (κ2) is 6.50. The van der Waals surface area contributed by atoms with Crippen LogP contribution in [0.15, 0.2) is 30.6 Å². The summed E-state index contributed by atoms with van der Waals surface area (Å²) in [5, 5.41) is 4.09. The smallest absolute Gasteiger partial charge is 0.272 e. The van der Waals surface area contributed by atoms with Gasteiger partial charge >= 0.3 is 0 Å². The van der Waals surface area contributed by atoms with Crippen LogP contribution in [0.4, 0.5) is 0 Å². The quantitative estimate of drug-likeness (QED) is 0.864. The molecule has 2 aromatic heterocycles. The van der Waals surface area contributed by atoms with E-state index in [9.17, 15) is 4.79 Å². The molecule has 0 bridgehead atoms. The molecule has 0 aromatic carbocycles. The van der Waals surface area contributed by atoms with E-state index >= 15 is 0 Å². The fourth-order valence-electron chi connectivity index (χ4n) is 3.14. The molecule has 3 heterocycles. The van der Waals surface area contributed by atoms with Crippen molar-refractivity contribution in [2.75, 3.05) is 20.6 Å². The summed E-state index contributed by atoms with van der Waals surface area (Å²) in [6, 6.07) is 5.99. The first kappa shape index (κ1) is 15.7. The number of likely N-dealkylation sites (tertiary alicyclic amines) is 1. The molecule has 23 heavy (non-hydrogen) atoms. The van der Waals surface area contributed by atoms with Gasteiger partial charge in [-0.3, -0.25) is 14.5 Å². The Morgan fingerprint density at radius 3 is 2.78 bits per heavy atom. The van der Waals surface area contributed by atoms with Crippen molar-refractivity contribution < 1.29 is 4.79 Å². The average molecular weight is 313 g/mol. The van der Waals surface area contributed by atoms with Gasteiger partial charge in [-0.25, -0.2) is 0 Å². The molecule has 0 unspecified atom stereocenters. The summed E-state index contributed by atoms with van der Waals surface area (Å²) in [4.78, 5) is 21.4. The Balaban J connectivity index is 1.79. The molecule has 0 saturated carbocycles. The maximum absolute atomic E-state index is 12.8. The molecule has 0 spiro atoms. The van der Waals surface area contributed by atoms with E-state index in [4.69, 9.17) is 0 Å². The maximum atomic E-state index is 12.8. The summed E-state index contributed by atoms with van der Waals surface area (Å²) >= 11 is 0. The van der Waals surface area contributed by atoms with E-state index in [0.29, 0.717) is 5.69 Å². The third-order valence-corrected chi connectivity index (χ3v) is 4.24. The van der Waals surface area contributed by atoms with E-state index < -0.39 is 0 Å². The topological polar surface area (TPSA) is 54.3 Å². The van der Waals surface area contributed by atoms with Crippen molar-refractivity contribution in [2.24, 2.45) is 7.05 Å². The molecule has 1 amide bonds. The van der Waals surface area contributed by atoms with Crippen molar-refractivity contribution in [3.63, 3.8) is 0 Å². The molecule has 1 aliphatic rings. The number of aryl methyl sites for hydroxylation is 1. The Labute approximate surface area is 136 Å². The molecular weight excluding hydrogens is 290 g/mol. The van der Waals surface area contributed by atoms with Crippen LogP contribution in [0.5, 0.6) is 0 Å². The van der Waals surface area contributed by atoms with Crippen LogP contribution in [0.25, 0.3) is 0 Å². The molecule has 3 rings (SSSR count). The van der Waals surface area contributed by atoms with Crippen LogP contribution < -0.4 is 0 Å². The van der Waals surface area contributed by atoms with Crippen LogP contribution in [0.3, 0.4) is 0 Å². The van der Waals surface area contributed by atoms with E-state index in [1.54, 1.807) is 24.0 Å². The fraction of sp³-hybridized carbons (Fsp3) is 0.471. The molecule has 0 N–H and O–H groups in total. The number of rotatable bonds is 4. The first-order valence-electron chi connectivity index (χ1n) is 7.95. The van der Waals surface area contributed by atoms with Crippen molar-refractivity contribution in [3.8, 4) is 0 Å². The van der Waals surface area contributed by atoms with Crippen LogP contribution in [0.2, 0.25) is 0 Å². The largest absolute Gasteiger partial charge is 0.329 e. The van der Waals surface area contributed by atoms with Crippen LogP contribution >= 0.6 is 0 Å². The Morgan fingerprint density at radius 2 is 2.17 bits per heavy atom. The van der Waals surface area contributed by atoms with Crippen molar-refractivity contribution in [3.05, 3.63) is 47.5 Å². The first-order chi connectivity index (χ1) is 11.1. The van der Waals surface area contributed by atoms with Gasteiger partial charge in [0.05, 0.1) is 11.7 Å². The summed E-state index contributed by atoms with van der Waals surface area (Å²) < 4.78 is 1.63. The molecule has 0 aliphatic carbocycles. The molecule has 1 fully saturated rings. The highest BCUT2D eigenvalue weighted by molar-refractivity contribution is 5.93. The predicted octanol–water partition coefficient (Wildman–Crippen LogP) is 1.85. The zero-order valence-corrected chi connectivity index (χ0v) is 13.9. The third-order valence-electron chi connectivity index (χ3n) is 4.24. The zero-order valence-electron chi connectivity index (χ0n) is 13.9. The van der Waals surface area contributed by atoms with Gasteiger partial charge in [-0.2, -0.15) is 5.10 Å². The van der Waals surface area contributed by atoms with Gasteiger partial charge in [-0.05, 0) is 44.6 Å². The van der Waals surface area contributed by atoms with Crippen LogP contribution in [0.1, 0.15) is 40.6 Å². The Hall–Kier alpha value is -2.21. The van der Waals surface area contributed by atoms with Gasteiger partial charge in [0, 0.05) is 32.5 Å². The van der Waals surface area contributed by atoms with Crippen molar-refractivity contribution in [2.45, 2.75) is 25.4 Å². The summed E-state index contributed by atoms with van der Waals surface area (Å²) in [5.74, 6) is 0.0340. The van der Waals surface area contributed by atoms with Crippen molar-refractivity contribution >= 4 is 5.91 Å². The van der Waals surface area contributed by atoms with E-state index in [0.717, 1.165) is 31.6 Å². The fourth-order valence-corrected chi connectivity index (χ4v) is 3.14. The molecular formula is C17H23N5O. The Kier molecular flexibility index (Phi) is 4.43.